The summed E-state index contributed by atoms with van der Waals surface area (Å²) < 4.78 is 21.3. The van der Waals surface area contributed by atoms with Crippen LogP contribution in [0, 0.1) is 11.3 Å². The molecular weight excluding hydrogens is 418 g/mol. The van der Waals surface area contributed by atoms with Gasteiger partial charge in [-0.15, -0.1) is 0 Å². The molecule has 0 aliphatic carbocycles. The Morgan fingerprint density at radius 3 is 2.06 bits per heavy atom. The molecule has 6 heteroatoms. The van der Waals surface area contributed by atoms with Crippen LogP contribution in [0.1, 0.15) is 16.7 Å². The molecule has 0 atom stereocenters. The van der Waals surface area contributed by atoms with E-state index in [0.29, 0.717) is 22.8 Å². The Bertz CT molecular complexity index is 1220. The molecule has 0 N–H and O–H groups in total. The summed E-state index contributed by atoms with van der Waals surface area (Å²) in [5, 5.41) is 9.51. The fourth-order valence-corrected chi connectivity index (χ4v) is 3.09. The van der Waals surface area contributed by atoms with Crippen LogP contribution < -0.4 is 18.9 Å². The van der Waals surface area contributed by atoms with E-state index in [9.17, 15) is 10.1 Å². The normalized spacial score (nSPS) is 11.0. The molecule has 0 amide bonds. The molecule has 0 aliphatic heterocycles. The van der Waals surface area contributed by atoms with Crippen molar-refractivity contribution in [3.8, 4) is 29.1 Å². The molecule has 0 saturated heterocycles. The zero-order chi connectivity index (χ0) is 23.6. The highest BCUT2D eigenvalue weighted by molar-refractivity contribution is 5.91. The smallest absolute Gasteiger partial charge is 0.336 e. The number of nitriles is 1. The Balaban J connectivity index is 1.76. The lowest BCUT2D eigenvalue weighted by Gasteiger charge is -2.09. The molecule has 0 unspecified atom stereocenters. The highest BCUT2D eigenvalue weighted by atomic mass is 16.6. The van der Waals surface area contributed by atoms with E-state index < -0.39 is 5.97 Å². The third-order valence-electron chi connectivity index (χ3n) is 4.73. The summed E-state index contributed by atoms with van der Waals surface area (Å²) in [6.07, 6.45) is 4.69. The molecule has 0 heterocycles. The van der Waals surface area contributed by atoms with Gasteiger partial charge in [0, 0.05) is 6.08 Å². The molecule has 6 nitrogen and oxygen atoms in total. The van der Waals surface area contributed by atoms with E-state index in [1.165, 1.54) is 13.2 Å². The van der Waals surface area contributed by atoms with Gasteiger partial charge in [0.2, 0.25) is 0 Å². The summed E-state index contributed by atoms with van der Waals surface area (Å²) >= 11 is 0. The van der Waals surface area contributed by atoms with Crippen molar-refractivity contribution in [2.45, 2.75) is 0 Å². The molecule has 0 bridgehead atoms. The van der Waals surface area contributed by atoms with Gasteiger partial charge in [-0.1, -0.05) is 42.5 Å². The zero-order valence-corrected chi connectivity index (χ0v) is 18.6. The largest absolute Gasteiger partial charge is 0.493 e. The van der Waals surface area contributed by atoms with Crippen molar-refractivity contribution >= 4 is 23.7 Å². The fraction of sp³-hybridized carbons (Fsp3) is 0.111. The molecule has 3 aromatic rings. The maximum Gasteiger partial charge on any atom is 0.336 e. The van der Waals surface area contributed by atoms with Crippen molar-refractivity contribution < 1.29 is 23.7 Å². The van der Waals surface area contributed by atoms with Crippen LogP contribution in [-0.4, -0.2) is 27.3 Å². The Morgan fingerprint density at radius 1 is 0.788 bits per heavy atom. The van der Waals surface area contributed by atoms with Crippen LogP contribution in [0.25, 0.3) is 17.7 Å². The van der Waals surface area contributed by atoms with E-state index in [1.54, 1.807) is 62.8 Å². The Hall–Kier alpha value is -4.50. The van der Waals surface area contributed by atoms with E-state index in [2.05, 4.69) is 6.07 Å². The minimum absolute atomic E-state index is 0.273. The maximum atomic E-state index is 12.4. The minimum Gasteiger partial charge on any atom is -0.493 e. The highest BCUT2D eigenvalue weighted by Crippen LogP contribution is 2.31. The maximum absolute atomic E-state index is 12.4. The predicted octanol–water partition coefficient (Wildman–Crippen LogP) is 5.40. The number of ether oxygens (including phenoxy) is 4. The van der Waals surface area contributed by atoms with Gasteiger partial charge in [0.15, 0.2) is 23.0 Å². The number of allylic oxidation sites excluding steroid dienone is 1. The van der Waals surface area contributed by atoms with Crippen LogP contribution in [-0.2, 0) is 4.79 Å². The molecule has 0 aliphatic rings. The van der Waals surface area contributed by atoms with Crippen LogP contribution in [0.2, 0.25) is 0 Å². The summed E-state index contributed by atoms with van der Waals surface area (Å²) in [6.45, 7) is 0. The Kier molecular flexibility index (Phi) is 7.87. The molecule has 0 radical (unpaired) electrons. The van der Waals surface area contributed by atoms with Gasteiger partial charge in [-0.05, 0) is 53.1 Å². The van der Waals surface area contributed by atoms with Crippen LogP contribution >= 0.6 is 0 Å². The van der Waals surface area contributed by atoms with Crippen molar-refractivity contribution in [1.82, 2.24) is 0 Å². The van der Waals surface area contributed by atoms with Crippen molar-refractivity contribution in [3.05, 3.63) is 89.5 Å². The average molecular weight is 441 g/mol. The number of hydrogen-bond acceptors (Lipinski definition) is 6. The standard InChI is InChI=1S/C27H23NO5/c1-30-23-12-9-19(16-25(23)31-2)11-14-27(29)33-24-13-10-20(17-26(24)32-3)15-22(18-28)21-7-5-4-6-8-21/h4-17H,1-3H3/b14-11+,22-15-. The topological polar surface area (TPSA) is 77.8 Å². The number of methoxy groups -OCH3 is 3. The summed E-state index contributed by atoms with van der Waals surface area (Å²) in [7, 11) is 4.59. The molecule has 3 rings (SSSR count). The van der Waals surface area contributed by atoms with E-state index in [4.69, 9.17) is 18.9 Å². The second kappa shape index (κ2) is 11.2. The molecule has 0 spiro atoms. The molecule has 0 fully saturated rings. The fourth-order valence-electron chi connectivity index (χ4n) is 3.09. The molecule has 33 heavy (non-hydrogen) atoms. The predicted molar refractivity (Wildman–Crippen MR) is 127 cm³/mol. The van der Waals surface area contributed by atoms with Crippen molar-refractivity contribution in [2.24, 2.45) is 0 Å². The van der Waals surface area contributed by atoms with E-state index in [0.717, 1.165) is 16.7 Å². The highest BCUT2D eigenvalue weighted by Gasteiger charge is 2.10. The zero-order valence-electron chi connectivity index (χ0n) is 18.6. The Morgan fingerprint density at radius 2 is 1.39 bits per heavy atom. The third kappa shape index (κ3) is 6.02. The SMILES string of the molecule is COc1ccc(/C=C/C(=O)Oc2ccc(/C=C(/C#N)c3ccccc3)cc2OC)cc1OC. The van der Waals surface area contributed by atoms with E-state index >= 15 is 0 Å². The molecule has 0 saturated carbocycles. The van der Waals surface area contributed by atoms with Gasteiger partial charge in [-0.2, -0.15) is 5.26 Å². The third-order valence-corrected chi connectivity index (χ3v) is 4.73. The summed E-state index contributed by atoms with van der Waals surface area (Å²) in [5.74, 6) is 1.25. The van der Waals surface area contributed by atoms with E-state index in [1.807, 2.05) is 30.3 Å². The second-order valence-corrected chi connectivity index (χ2v) is 6.81. The van der Waals surface area contributed by atoms with Crippen molar-refractivity contribution in [1.29, 1.82) is 5.26 Å². The summed E-state index contributed by atoms with van der Waals surface area (Å²) in [4.78, 5) is 12.4. The minimum atomic E-state index is -0.562. The van der Waals surface area contributed by atoms with Crippen LogP contribution in [0.4, 0.5) is 0 Å². The van der Waals surface area contributed by atoms with Crippen LogP contribution in [0.5, 0.6) is 23.0 Å². The van der Waals surface area contributed by atoms with Gasteiger partial charge in [0.25, 0.3) is 0 Å². The molecule has 166 valence electrons. The molecular formula is C27H23NO5. The molecule has 3 aromatic carbocycles. The van der Waals surface area contributed by atoms with Gasteiger partial charge in [0.1, 0.15) is 0 Å². The van der Waals surface area contributed by atoms with Gasteiger partial charge in [-0.3, -0.25) is 0 Å². The number of nitrogens with zero attached hydrogens (tertiary/aromatic N) is 1. The lowest BCUT2D eigenvalue weighted by atomic mass is 10.0. The number of rotatable bonds is 8. The van der Waals surface area contributed by atoms with E-state index in [-0.39, 0.29) is 5.75 Å². The summed E-state index contributed by atoms with van der Waals surface area (Å²) in [5.41, 5.74) is 2.82. The quantitative estimate of drug-likeness (QED) is 0.153. The number of benzene rings is 3. The lowest BCUT2D eigenvalue weighted by Crippen LogP contribution is -2.05. The number of esters is 1. The van der Waals surface area contributed by atoms with Crippen LogP contribution in [0.3, 0.4) is 0 Å². The van der Waals surface area contributed by atoms with Crippen LogP contribution in [0.15, 0.2) is 72.8 Å². The lowest BCUT2D eigenvalue weighted by molar-refractivity contribution is -0.129. The molecule has 0 aromatic heterocycles. The first-order valence-corrected chi connectivity index (χ1v) is 10.0. The van der Waals surface area contributed by atoms with Crippen molar-refractivity contribution in [3.63, 3.8) is 0 Å². The number of hydrogen-bond donors (Lipinski definition) is 0. The first-order valence-electron chi connectivity index (χ1n) is 10.0. The monoisotopic (exact) mass is 441 g/mol. The first-order chi connectivity index (χ1) is 16.1. The second-order valence-electron chi connectivity index (χ2n) is 6.81. The Labute approximate surface area is 192 Å². The van der Waals surface area contributed by atoms with Crippen molar-refractivity contribution in [2.75, 3.05) is 21.3 Å². The average Bonchev–Trinajstić information content (AvgIpc) is 2.87. The van der Waals surface area contributed by atoms with Gasteiger partial charge in [0.05, 0.1) is 33.0 Å². The number of carbonyl (C=O) groups excluding carboxylic acids is 1. The first kappa shape index (κ1) is 23.2. The summed E-state index contributed by atoms with van der Waals surface area (Å²) in [6, 6.07) is 22.0. The number of carbonyl (C=O) groups is 1. The van der Waals surface area contributed by atoms with Gasteiger partial charge in [-0.25, -0.2) is 4.79 Å². The van der Waals surface area contributed by atoms with Gasteiger partial charge >= 0.3 is 5.97 Å². The van der Waals surface area contributed by atoms with Gasteiger partial charge < -0.3 is 18.9 Å².